The molecule has 0 radical (unpaired) electrons. The van der Waals surface area contributed by atoms with Crippen LogP contribution in [-0.2, 0) is 0 Å². The summed E-state index contributed by atoms with van der Waals surface area (Å²) in [4.78, 5) is 0. The van der Waals surface area contributed by atoms with E-state index in [4.69, 9.17) is 23.2 Å². The average Bonchev–Trinajstić information content (AvgIpc) is 2.96. The smallest absolute Gasteiger partial charge is 0.0468 e. The SMILES string of the molecule is CCCC1CC1NC(C)c1ccc(Cl)cc1Cl. The van der Waals surface area contributed by atoms with Gasteiger partial charge in [-0.15, -0.1) is 0 Å². The van der Waals surface area contributed by atoms with E-state index in [1.165, 1.54) is 19.3 Å². The highest BCUT2D eigenvalue weighted by atomic mass is 35.5. The van der Waals surface area contributed by atoms with Gasteiger partial charge < -0.3 is 5.32 Å². The maximum Gasteiger partial charge on any atom is 0.0468 e. The third kappa shape index (κ3) is 3.37. The normalized spacial score (nSPS) is 24.7. The molecule has 0 bridgehead atoms. The van der Waals surface area contributed by atoms with E-state index < -0.39 is 0 Å². The summed E-state index contributed by atoms with van der Waals surface area (Å²) < 4.78 is 0. The highest BCUT2D eigenvalue weighted by Gasteiger charge is 2.36. The van der Waals surface area contributed by atoms with Crippen molar-refractivity contribution in [3.8, 4) is 0 Å². The first-order chi connectivity index (χ1) is 8.11. The molecule has 1 aliphatic carbocycles. The van der Waals surface area contributed by atoms with Crippen molar-refractivity contribution in [1.82, 2.24) is 5.32 Å². The van der Waals surface area contributed by atoms with E-state index in [1.54, 1.807) is 0 Å². The summed E-state index contributed by atoms with van der Waals surface area (Å²) >= 11 is 12.1. The third-order valence-electron chi connectivity index (χ3n) is 3.48. The lowest BCUT2D eigenvalue weighted by Gasteiger charge is -2.16. The Hall–Kier alpha value is -0.240. The van der Waals surface area contributed by atoms with Gasteiger partial charge in [0.25, 0.3) is 0 Å². The molecule has 1 fully saturated rings. The third-order valence-corrected chi connectivity index (χ3v) is 4.04. The predicted octanol–water partition coefficient (Wildman–Crippen LogP) is 4.83. The van der Waals surface area contributed by atoms with Crippen LogP contribution in [0.15, 0.2) is 18.2 Å². The van der Waals surface area contributed by atoms with Crippen molar-refractivity contribution in [2.75, 3.05) is 0 Å². The molecule has 0 heterocycles. The van der Waals surface area contributed by atoms with Gasteiger partial charge in [0.05, 0.1) is 0 Å². The molecular weight excluding hydrogens is 253 g/mol. The molecule has 1 aromatic rings. The summed E-state index contributed by atoms with van der Waals surface area (Å²) in [6.45, 7) is 4.41. The summed E-state index contributed by atoms with van der Waals surface area (Å²) in [6.07, 6.45) is 3.92. The fourth-order valence-corrected chi connectivity index (χ4v) is 2.98. The Balaban J connectivity index is 1.94. The van der Waals surface area contributed by atoms with Crippen LogP contribution >= 0.6 is 23.2 Å². The summed E-state index contributed by atoms with van der Waals surface area (Å²) in [5.41, 5.74) is 1.14. The van der Waals surface area contributed by atoms with Crippen molar-refractivity contribution in [2.45, 2.75) is 45.2 Å². The zero-order chi connectivity index (χ0) is 12.4. The second kappa shape index (κ2) is 5.60. The van der Waals surface area contributed by atoms with Crippen molar-refractivity contribution in [2.24, 2.45) is 5.92 Å². The van der Waals surface area contributed by atoms with Gasteiger partial charge in [-0.25, -0.2) is 0 Å². The minimum atomic E-state index is 0.298. The molecule has 0 saturated heterocycles. The number of rotatable bonds is 5. The van der Waals surface area contributed by atoms with Crippen LogP contribution in [0.3, 0.4) is 0 Å². The summed E-state index contributed by atoms with van der Waals surface area (Å²) in [5.74, 6) is 0.869. The number of nitrogens with one attached hydrogen (secondary N) is 1. The van der Waals surface area contributed by atoms with Gasteiger partial charge in [0.15, 0.2) is 0 Å². The van der Waals surface area contributed by atoms with Gasteiger partial charge in [0.1, 0.15) is 0 Å². The van der Waals surface area contributed by atoms with Crippen molar-refractivity contribution in [3.05, 3.63) is 33.8 Å². The average molecular weight is 272 g/mol. The van der Waals surface area contributed by atoms with Gasteiger partial charge in [-0.05, 0) is 43.4 Å². The van der Waals surface area contributed by atoms with E-state index in [0.29, 0.717) is 17.1 Å². The van der Waals surface area contributed by atoms with Crippen LogP contribution in [0.4, 0.5) is 0 Å². The topological polar surface area (TPSA) is 12.0 Å². The lowest BCUT2D eigenvalue weighted by Crippen LogP contribution is -2.22. The highest BCUT2D eigenvalue weighted by molar-refractivity contribution is 6.35. The van der Waals surface area contributed by atoms with Crippen LogP contribution in [0.5, 0.6) is 0 Å². The first-order valence-corrected chi connectivity index (χ1v) is 7.08. The summed E-state index contributed by atoms with van der Waals surface area (Å²) in [7, 11) is 0. The molecule has 1 nitrogen and oxygen atoms in total. The fraction of sp³-hybridized carbons (Fsp3) is 0.571. The minimum Gasteiger partial charge on any atom is -0.307 e. The number of hydrogen-bond donors (Lipinski definition) is 1. The first kappa shape index (κ1) is 13.2. The monoisotopic (exact) mass is 271 g/mol. The zero-order valence-corrected chi connectivity index (χ0v) is 11.9. The molecule has 1 aliphatic rings. The van der Waals surface area contributed by atoms with E-state index in [9.17, 15) is 0 Å². The van der Waals surface area contributed by atoms with E-state index in [1.807, 2.05) is 18.2 Å². The van der Waals surface area contributed by atoms with Crippen molar-refractivity contribution in [1.29, 1.82) is 0 Å². The Kier molecular flexibility index (Phi) is 4.35. The zero-order valence-electron chi connectivity index (χ0n) is 10.3. The van der Waals surface area contributed by atoms with Crippen molar-refractivity contribution in [3.63, 3.8) is 0 Å². The Morgan fingerprint density at radius 3 is 2.82 bits per heavy atom. The molecule has 94 valence electrons. The second-order valence-corrected chi connectivity index (χ2v) is 5.79. The Morgan fingerprint density at radius 2 is 2.18 bits per heavy atom. The Labute approximate surface area is 114 Å². The first-order valence-electron chi connectivity index (χ1n) is 6.32. The minimum absolute atomic E-state index is 0.298. The lowest BCUT2D eigenvalue weighted by atomic mass is 10.1. The maximum atomic E-state index is 6.20. The molecular formula is C14H19Cl2N. The van der Waals surface area contributed by atoms with E-state index in [2.05, 4.69) is 19.2 Å². The van der Waals surface area contributed by atoms with Gasteiger partial charge in [0, 0.05) is 22.1 Å². The number of hydrogen-bond acceptors (Lipinski definition) is 1. The Bertz CT molecular complexity index is 392. The largest absolute Gasteiger partial charge is 0.307 e. The molecule has 0 aliphatic heterocycles. The van der Waals surface area contributed by atoms with Gasteiger partial charge >= 0.3 is 0 Å². The summed E-state index contributed by atoms with van der Waals surface area (Å²) in [6, 6.07) is 6.70. The van der Waals surface area contributed by atoms with E-state index in [0.717, 1.165) is 16.5 Å². The highest BCUT2D eigenvalue weighted by Crippen LogP contribution is 2.37. The van der Waals surface area contributed by atoms with Crippen molar-refractivity contribution < 1.29 is 0 Å². The van der Waals surface area contributed by atoms with Crippen LogP contribution in [0.2, 0.25) is 10.0 Å². The fourth-order valence-electron chi connectivity index (χ4n) is 2.41. The molecule has 2 rings (SSSR count). The van der Waals surface area contributed by atoms with Crippen LogP contribution in [0, 0.1) is 5.92 Å². The number of halogens is 2. The molecule has 1 N–H and O–H groups in total. The molecule has 3 unspecified atom stereocenters. The van der Waals surface area contributed by atoms with E-state index in [-0.39, 0.29) is 0 Å². The summed E-state index contributed by atoms with van der Waals surface area (Å²) in [5, 5.41) is 5.09. The molecule has 0 amide bonds. The molecule has 3 atom stereocenters. The molecule has 3 heteroatoms. The number of benzene rings is 1. The molecule has 1 saturated carbocycles. The Morgan fingerprint density at radius 1 is 1.41 bits per heavy atom. The quantitative estimate of drug-likeness (QED) is 0.809. The van der Waals surface area contributed by atoms with E-state index >= 15 is 0 Å². The molecule has 0 spiro atoms. The molecule has 0 aromatic heterocycles. The second-order valence-electron chi connectivity index (χ2n) is 4.95. The molecule has 1 aromatic carbocycles. The predicted molar refractivity (Wildman–Crippen MR) is 74.8 cm³/mol. The van der Waals surface area contributed by atoms with Gasteiger partial charge in [-0.2, -0.15) is 0 Å². The van der Waals surface area contributed by atoms with Gasteiger partial charge in [-0.1, -0.05) is 42.6 Å². The van der Waals surface area contributed by atoms with Crippen LogP contribution in [0.25, 0.3) is 0 Å². The standard InChI is InChI=1S/C14H19Cl2N/c1-3-4-10-7-14(10)17-9(2)12-6-5-11(15)8-13(12)16/h5-6,8-10,14,17H,3-4,7H2,1-2H3. The van der Waals surface area contributed by atoms with Gasteiger partial charge in [-0.3, -0.25) is 0 Å². The van der Waals surface area contributed by atoms with Crippen LogP contribution in [0.1, 0.15) is 44.7 Å². The van der Waals surface area contributed by atoms with Crippen molar-refractivity contribution >= 4 is 23.2 Å². The molecule has 17 heavy (non-hydrogen) atoms. The van der Waals surface area contributed by atoms with Crippen LogP contribution in [-0.4, -0.2) is 6.04 Å². The maximum absolute atomic E-state index is 6.20. The lowest BCUT2D eigenvalue weighted by molar-refractivity contribution is 0.530. The van der Waals surface area contributed by atoms with Gasteiger partial charge in [0.2, 0.25) is 0 Å². The van der Waals surface area contributed by atoms with Crippen LogP contribution < -0.4 is 5.32 Å².